The number of aromatic nitrogens is 2. The van der Waals surface area contributed by atoms with Crippen LogP contribution in [0.4, 0.5) is 0 Å². The van der Waals surface area contributed by atoms with Crippen LogP contribution in [-0.2, 0) is 12.0 Å². The minimum atomic E-state index is -0.0467. The van der Waals surface area contributed by atoms with E-state index in [4.69, 9.17) is 4.74 Å². The molecule has 1 saturated carbocycles. The maximum Gasteiger partial charge on any atom is 0.251 e. The Morgan fingerprint density at radius 3 is 2.53 bits per heavy atom. The SMILES string of the molecule is Cc1cccn2cc(COc3ccc(C(=O)NCC4(c5ccccc5)CCC4)cc3)nc12. The van der Waals surface area contributed by atoms with Crippen LogP contribution in [0.1, 0.15) is 46.4 Å². The number of aryl methyl sites for hydroxylation is 1. The van der Waals surface area contributed by atoms with Crippen LogP contribution in [0.3, 0.4) is 0 Å². The number of ether oxygens (including phenoxy) is 1. The molecular weight excluding hydrogens is 398 g/mol. The molecule has 2 aromatic heterocycles. The first kappa shape index (κ1) is 20.3. The van der Waals surface area contributed by atoms with Crippen molar-refractivity contribution in [1.29, 1.82) is 0 Å². The third-order valence-corrected chi connectivity index (χ3v) is 6.52. The Labute approximate surface area is 188 Å². The van der Waals surface area contributed by atoms with Gasteiger partial charge in [-0.2, -0.15) is 0 Å². The predicted octanol–water partition coefficient (Wildman–Crippen LogP) is 5.07. The van der Waals surface area contributed by atoms with Gasteiger partial charge in [0.05, 0.1) is 5.69 Å². The molecule has 0 bridgehead atoms. The highest BCUT2D eigenvalue weighted by Gasteiger charge is 2.38. The molecule has 4 aromatic rings. The van der Waals surface area contributed by atoms with Gasteiger partial charge in [0.2, 0.25) is 0 Å². The van der Waals surface area contributed by atoms with Gasteiger partial charge in [-0.05, 0) is 61.2 Å². The number of pyridine rings is 1. The van der Waals surface area contributed by atoms with E-state index < -0.39 is 0 Å². The third-order valence-electron chi connectivity index (χ3n) is 6.52. The van der Waals surface area contributed by atoms with Gasteiger partial charge in [0.25, 0.3) is 5.91 Å². The molecule has 0 unspecified atom stereocenters. The summed E-state index contributed by atoms with van der Waals surface area (Å²) in [6, 6.07) is 21.9. The molecule has 5 heteroatoms. The van der Waals surface area contributed by atoms with Gasteiger partial charge in [-0.25, -0.2) is 4.98 Å². The molecule has 1 N–H and O–H groups in total. The Balaban J connectivity index is 1.19. The van der Waals surface area contributed by atoms with Crippen LogP contribution in [-0.4, -0.2) is 21.8 Å². The number of hydrogen-bond acceptors (Lipinski definition) is 3. The summed E-state index contributed by atoms with van der Waals surface area (Å²) in [5.74, 6) is 0.671. The lowest BCUT2D eigenvalue weighted by Gasteiger charge is -2.42. The second-order valence-corrected chi connectivity index (χ2v) is 8.65. The third kappa shape index (κ3) is 3.98. The average molecular weight is 426 g/mol. The molecule has 2 aromatic carbocycles. The number of amides is 1. The van der Waals surface area contributed by atoms with E-state index in [1.807, 2.05) is 66.2 Å². The molecule has 2 heterocycles. The standard InChI is InChI=1S/C27H27N3O2/c1-20-7-5-16-30-17-23(29-25(20)30)18-32-24-12-10-21(11-13-24)26(31)28-19-27(14-6-15-27)22-8-3-2-4-9-22/h2-5,7-13,16-17H,6,14-15,18-19H2,1H3,(H,28,31). The molecule has 1 aliphatic carbocycles. The maximum atomic E-state index is 12.7. The van der Waals surface area contributed by atoms with Gasteiger partial charge < -0.3 is 14.5 Å². The second kappa shape index (κ2) is 8.50. The van der Waals surface area contributed by atoms with Gasteiger partial charge in [0.15, 0.2) is 0 Å². The summed E-state index contributed by atoms with van der Waals surface area (Å²) < 4.78 is 7.89. The topological polar surface area (TPSA) is 55.6 Å². The molecule has 32 heavy (non-hydrogen) atoms. The highest BCUT2D eigenvalue weighted by molar-refractivity contribution is 5.94. The van der Waals surface area contributed by atoms with Crippen molar-refractivity contribution in [1.82, 2.24) is 14.7 Å². The summed E-state index contributed by atoms with van der Waals surface area (Å²) in [6.45, 7) is 3.09. The van der Waals surface area contributed by atoms with Crippen LogP contribution in [0.25, 0.3) is 5.65 Å². The molecule has 1 amide bonds. The lowest BCUT2D eigenvalue weighted by atomic mass is 9.64. The first-order chi connectivity index (χ1) is 15.6. The number of carbonyl (C=O) groups excluding carboxylic acids is 1. The van der Waals surface area contributed by atoms with E-state index in [1.54, 1.807) is 0 Å². The van der Waals surface area contributed by atoms with Gasteiger partial charge in [-0.3, -0.25) is 4.79 Å². The largest absolute Gasteiger partial charge is 0.487 e. The van der Waals surface area contributed by atoms with E-state index in [-0.39, 0.29) is 11.3 Å². The normalized spacial score (nSPS) is 14.7. The molecule has 0 aliphatic heterocycles. The maximum absolute atomic E-state index is 12.7. The smallest absolute Gasteiger partial charge is 0.251 e. The fraction of sp³-hybridized carbons (Fsp3) is 0.259. The molecule has 1 aliphatic rings. The Bertz CT molecular complexity index is 1220. The van der Waals surface area contributed by atoms with Crippen molar-refractivity contribution < 1.29 is 9.53 Å². The minimum absolute atomic E-state index is 0.0467. The summed E-state index contributed by atoms with van der Waals surface area (Å²) in [5.41, 5.74) is 4.98. The first-order valence-corrected chi connectivity index (χ1v) is 11.1. The Hall–Kier alpha value is -3.60. The van der Waals surface area contributed by atoms with Gasteiger partial charge in [0, 0.05) is 29.9 Å². The second-order valence-electron chi connectivity index (χ2n) is 8.65. The van der Waals surface area contributed by atoms with E-state index in [9.17, 15) is 4.79 Å². The van der Waals surface area contributed by atoms with E-state index in [2.05, 4.69) is 34.6 Å². The number of hydrogen-bond donors (Lipinski definition) is 1. The predicted molar refractivity (Wildman–Crippen MR) is 125 cm³/mol. The van der Waals surface area contributed by atoms with Crippen molar-refractivity contribution in [2.75, 3.05) is 6.54 Å². The van der Waals surface area contributed by atoms with Crippen molar-refractivity contribution >= 4 is 11.6 Å². The van der Waals surface area contributed by atoms with E-state index >= 15 is 0 Å². The highest BCUT2D eigenvalue weighted by atomic mass is 16.5. The van der Waals surface area contributed by atoms with Crippen LogP contribution in [0, 0.1) is 6.92 Å². The Morgan fingerprint density at radius 1 is 1.06 bits per heavy atom. The fourth-order valence-electron chi connectivity index (χ4n) is 4.45. The van der Waals surface area contributed by atoms with Gasteiger partial charge in [-0.15, -0.1) is 0 Å². The number of imidazole rings is 1. The zero-order chi connectivity index (χ0) is 22.0. The summed E-state index contributed by atoms with van der Waals surface area (Å²) in [4.78, 5) is 17.4. The van der Waals surface area contributed by atoms with Gasteiger partial charge in [0.1, 0.15) is 18.0 Å². The number of carbonyl (C=O) groups is 1. The van der Waals surface area contributed by atoms with E-state index in [0.717, 1.165) is 35.5 Å². The summed E-state index contributed by atoms with van der Waals surface area (Å²) in [5, 5.41) is 3.15. The number of nitrogens with one attached hydrogen (secondary N) is 1. The number of benzene rings is 2. The van der Waals surface area contributed by atoms with E-state index in [0.29, 0.717) is 18.7 Å². The number of fused-ring (bicyclic) bond motifs is 1. The zero-order valence-electron chi connectivity index (χ0n) is 18.3. The molecule has 0 radical (unpaired) electrons. The quantitative estimate of drug-likeness (QED) is 0.450. The molecule has 5 nitrogen and oxygen atoms in total. The average Bonchev–Trinajstić information content (AvgIpc) is 3.22. The molecule has 162 valence electrons. The monoisotopic (exact) mass is 425 g/mol. The molecule has 1 fully saturated rings. The van der Waals surface area contributed by atoms with Gasteiger partial charge >= 0.3 is 0 Å². The van der Waals surface area contributed by atoms with Crippen molar-refractivity contribution in [3.8, 4) is 5.75 Å². The molecule has 0 spiro atoms. The van der Waals surface area contributed by atoms with Crippen LogP contribution < -0.4 is 10.1 Å². The van der Waals surface area contributed by atoms with Crippen molar-refractivity contribution in [3.05, 3.63) is 102 Å². The van der Waals surface area contributed by atoms with Crippen molar-refractivity contribution in [2.45, 2.75) is 38.2 Å². The number of nitrogens with zero attached hydrogens (tertiary/aromatic N) is 2. The number of rotatable bonds is 7. The molecule has 5 rings (SSSR count). The van der Waals surface area contributed by atoms with Crippen molar-refractivity contribution in [2.24, 2.45) is 0 Å². The minimum Gasteiger partial charge on any atom is -0.487 e. The van der Waals surface area contributed by atoms with Crippen LogP contribution >= 0.6 is 0 Å². The molecule has 0 saturated heterocycles. The Kier molecular flexibility index (Phi) is 5.39. The lowest BCUT2D eigenvalue weighted by molar-refractivity contribution is 0.0928. The lowest BCUT2D eigenvalue weighted by Crippen LogP contribution is -2.45. The zero-order valence-corrected chi connectivity index (χ0v) is 18.3. The Morgan fingerprint density at radius 2 is 1.84 bits per heavy atom. The molecular formula is C27H27N3O2. The fourth-order valence-corrected chi connectivity index (χ4v) is 4.45. The van der Waals surface area contributed by atoms with Crippen LogP contribution in [0.5, 0.6) is 5.75 Å². The summed E-state index contributed by atoms with van der Waals surface area (Å²) in [7, 11) is 0. The summed E-state index contributed by atoms with van der Waals surface area (Å²) in [6.07, 6.45) is 7.41. The highest BCUT2D eigenvalue weighted by Crippen LogP contribution is 2.43. The summed E-state index contributed by atoms with van der Waals surface area (Å²) >= 11 is 0. The van der Waals surface area contributed by atoms with E-state index in [1.165, 1.54) is 12.0 Å². The van der Waals surface area contributed by atoms with Crippen LogP contribution in [0.2, 0.25) is 0 Å². The van der Waals surface area contributed by atoms with Crippen molar-refractivity contribution in [3.63, 3.8) is 0 Å². The van der Waals surface area contributed by atoms with Crippen LogP contribution in [0.15, 0.2) is 79.1 Å². The van der Waals surface area contributed by atoms with Gasteiger partial charge in [-0.1, -0.05) is 42.8 Å². The first-order valence-electron chi connectivity index (χ1n) is 11.1. The molecule has 0 atom stereocenters.